The van der Waals surface area contributed by atoms with Gasteiger partial charge in [0.05, 0.1) is 6.54 Å². The minimum atomic E-state index is 0.150. The zero-order chi connectivity index (χ0) is 19.9. The summed E-state index contributed by atoms with van der Waals surface area (Å²) in [5.41, 5.74) is 6.95. The first-order valence-corrected chi connectivity index (χ1v) is 10.7. The molecule has 0 saturated carbocycles. The van der Waals surface area contributed by atoms with Gasteiger partial charge in [-0.2, -0.15) is 15.0 Å². The van der Waals surface area contributed by atoms with Gasteiger partial charge in [0.25, 0.3) is 0 Å². The fourth-order valence-electron chi connectivity index (χ4n) is 3.46. The van der Waals surface area contributed by atoms with Crippen molar-refractivity contribution in [2.45, 2.75) is 46.6 Å². The van der Waals surface area contributed by atoms with Gasteiger partial charge in [-0.3, -0.25) is 0 Å². The molecule has 4 rings (SSSR count). The van der Waals surface area contributed by atoms with Crippen LogP contribution in [-0.2, 0) is 12.0 Å². The van der Waals surface area contributed by atoms with E-state index >= 15 is 0 Å². The van der Waals surface area contributed by atoms with E-state index in [1.165, 1.54) is 16.0 Å². The highest BCUT2D eigenvalue weighted by Crippen LogP contribution is 2.36. The van der Waals surface area contributed by atoms with Crippen LogP contribution in [0.15, 0.2) is 53.9 Å². The minimum absolute atomic E-state index is 0.150. The molecule has 0 amide bonds. The maximum Gasteiger partial charge on any atom is 0.122 e. The second kappa shape index (κ2) is 7.17. The summed E-state index contributed by atoms with van der Waals surface area (Å²) < 4.78 is 0. The van der Waals surface area contributed by atoms with Crippen molar-refractivity contribution in [1.29, 1.82) is 0 Å². The average Bonchev–Trinajstić information content (AvgIpc) is 3.29. The van der Waals surface area contributed by atoms with E-state index in [2.05, 4.69) is 88.5 Å². The summed E-state index contributed by atoms with van der Waals surface area (Å²) in [6, 6.07) is 17.5. The lowest BCUT2D eigenvalue weighted by Crippen LogP contribution is -2.10. The van der Waals surface area contributed by atoms with E-state index in [-0.39, 0.29) is 5.41 Å². The summed E-state index contributed by atoms with van der Waals surface area (Å²) >= 11 is 1.74. The number of nitrogens with zero attached hydrogens (tertiary/aromatic N) is 3. The lowest BCUT2D eigenvalue weighted by Gasteiger charge is -2.19. The third-order valence-corrected chi connectivity index (χ3v) is 5.86. The number of rotatable bonds is 4. The Morgan fingerprint density at radius 1 is 0.893 bits per heavy atom. The fraction of sp³-hybridized carbons (Fsp3) is 0.333. The van der Waals surface area contributed by atoms with Crippen molar-refractivity contribution in [1.82, 2.24) is 15.0 Å². The molecular formula is C24H27N3S. The van der Waals surface area contributed by atoms with Crippen LogP contribution in [0.4, 0.5) is 0 Å². The summed E-state index contributed by atoms with van der Waals surface area (Å²) in [6.07, 6.45) is 0. The van der Waals surface area contributed by atoms with Crippen molar-refractivity contribution in [2.24, 2.45) is 5.92 Å². The normalized spacial score (nSPS) is 12.2. The molecule has 2 heterocycles. The van der Waals surface area contributed by atoms with Crippen molar-refractivity contribution in [2.75, 3.05) is 0 Å². The van der Waals surface area contributed by atoms with E-state index in [0.29, 0.717) is 5.92 Å². The third-order valence-electron chi connectivity index (χ3n) is 4.96. The highest BCUT2D eigenvalue weighted by atomic mass is 32.1. The van der Waals surface area contributed by atoms with Crippen molar-refractivity contribution in [3.8, 4) is 21.6 Å². The zero-order valence-corrected chi connectivity index (χ0v) is 18.0. The van der Waals surface area contributed by atoms with Crippen LogP contribution in [0.1, 0.15) is 40.2 Å². The monoisotopic (exact) mass is 389 g/mol. The predicted molar refractivity (Wildman–Crippen MR) is 120 cm³/mol. The Morgan fingerprint density at radius 2 is 1.54 bits per heavy atom. The minimum Gasteiger partial charge on any atom is -0.183 e. The van der Waals surface area contributed by atoms with Gasteiger partial charge in [-0.05, 0) is 33.9 Å². The molecule has 28 heavy (non-hydrogen) atoms. The maximum absolute atomic E-state index is 4.88. The van der Waals surface area contributed by atoms with Gasteiger partial charge in [0.1, 0.15) is 11.0 Å². The molecule has 0 bridgehead atoms. The van der Waals surface area contributed by atoms with Crippen molar-refractivity contribution in [3.05, 3.63) is 59.5 Å². The number of hydrogen-bond acceptors (Lipinski definition) is 3. The van der Waals surface area contributed by atoms with E-state index < -0.39 is 0 Å². The quantitative estimate of drug-likeness (QED) is 0.385. The van der Waals surface area contributed by atoms with Gasteiger partial charge in [-0.1, -0.05) is 77.1 Å². The molecule has 4 aromatic rings. The number of hydrogen-bond donors (Lipinski definition) is 0. The molecule has 144 valence electrons. The third kappa shape index (κ3) is 3.61. The van der Waals surface area contributed by atoms with E-state index in [4.69, 9.17) is 10.2 Å². The summed E-state index contributed by atoms with van der Waals surface area (Å²) in [5, 5.41) is 11.9. The number of fused-ring (bicyclic) bond motifs is 1. The Balaban J connectivity index is 1.87. The van der Waals surface area contributed by atoms with Gasteiger partial charge in [0.2, 0.25) is 0 Å². The van der Waals surface area contributed by atoms with Gasteiger partial charge < -0.3 is 0 Å². The van der Waals surface area contributed by atoms with Crippen LogP contribution in [0, 0.1) is 5.92 Å². The van der Waals surface area contributed by atoms with Gasteiger partial charge in [0, 0.05) is 16.0 Å². The van der Waals surface area contributed by atoms with E-state index in [1.807, 2.05) is 4.80 Å². The zero-order valence-electron chi connectivity index (χ0n) is 17.2. The molecule has 0 radical (unpaired) electrons. The molecule has 0 fully saturated rings. The Morgan fingerprint density at radius 3 is 2.11 bits per heavy atom. The second-order valence-corrected chi connectivity index (χ2v) is 9.76. The SMILES string of the molecule is CC(C)Cn1nc2c(-c3ccc(C(C)(C)C)cc3)ccc(-c3cccs3)c2n1. The smallest absolute Gasteiger partial charge is 0.122 e. The van der Waals surface area contributed by atoms with E-state index in [0.717, 1.165) is 28.7 Å². The standard InChI is InChI=1S/C24H27N3S/c1-16(2)15-27-25-22-19(17-8-10-18(11-9-17)24(3,4)5)12-13-20(23(22)26-27)21-7-6-14-28-21/h6-14,16H,15H2,1-5H3. The van der Waals surface area contributed by atoms with Crippen molar-refractivity contribution >= 4 is 22.4 Å². The largest absolute Gasteiger partial charge is 0.183 e. The molecule has 0 atom stereocenters. The Bertz CT molecular complexity index is 1080. The molecule has 0 saturated heterocycles. The molecule has 2 aromatic heterocycles. The molecule has 3 nitrogen and oxygen atoms in total. The summed E-state index contributed by atoms with van der Waals surface area (Å²) in [7, 11) is 0. The van der Waals surface area contributed by atoms with Crippen molar-refractivity contribution in [3.63, 3.8) is 0 Å². The summed E-state index contributed by atoms with van der Waals surface area (Å²) in [5.74, 6) is 0.501. The first-order chi connectivity index (χ1) is 13.3. The van der Waals surface area contributed by atoms with Gasteiger partial charge in [0.15, 0.2) is 0 Å². The van der Waals surface area contributed by atoms with E-state index in [9.17, 15) is 0 Å². The average molecular weight is 390 g/mol. The molecule has 0 aliphatic carbocycles. The topological polar surface area (TPSA) is 30.7 Å². The first-order valence-electron chi connectivity index (χ1n) is 9.85. The molecule has 0 N–H and O–H groups in total. The molecule has 0 aliphatic rings. The molecule has 0 aliphatic heterocycles. The van der Waals surface area contributed by atoms with Crippen LogP contribution in [-0.4, -0.2) is 15.0 Å². The van der Waals surface area contributed by atoms with Crippen LogP contribution in [0.3, 0.4) is 0 Å². The molecular weight excluding hydrogens is 362 g/mol. The maximum atomic E-state index is 4.88. The van der Waals surface area contributed by atoms with Gasteiger partial charge >= 0.3 is 0 Å². The lowest BCUT2D eigenvalue weighted by atomic mass is 9.86. The first kappa shape index (κ1) is 18.9. The van der Waals surface area contributed by atoms with Crippen molar-refractivity contribution < 1.29 is 0 Å². The number of benzene rings is 2. The molecule has 2 aromatic carbocycles. The lowest BCUT2D eigenvalue weighted by molar-refractivity contribution is 0.442. The highest BCUT2D eigenvalue weighted by molar-refractivity contribution is 7.13. The van der Waals surface area contributed by atoms with Crippen LogP contribution in [0.5, 0.6) is 0 Å². The van der Waals surface area contributed by atoms with Gasteiger partial charge in [-0.25, -0.2) is 0 Å². The summed E-state index contributed by atoms with van der Waals surface area (Å²) in [4.78, 5) is 3.09. The molecule has 0 spiro atoms. The second-order valence-electron chi connectivity index (χ2n) is 8.81. The Hall–Kier alpha value is -2.46. The van der Waals surface area contributed by atoms with E-state index in [1.54, 1.807) is 11.3 Å². The number of aromatic nitrogens is 3. The predicted octanol–water partition coefficient (Wildman–Crippen LogP) is 6.78. The highest BCUT2D eigenvalue weighted by Gasteiger charge is 2.17. The van der Waals surface area contributed by atoms with Gasteiger partial charge in [-0.15, -0.1) is 11.3 Å². The molecule has 4 heteroatoms. The number of thiophene rings is 1. The Kier molecular flexibility index (Phi) is 4.84. The Labute approximate surface area is 171 Å². The summed E-state index contributed by atoms with van der Waals surface area (Å²) in [6.45, 7) is 11.9. The van der Waals surface area contributed by atoms with Crippen LogP contribution >= 0.6 is 11.3 Å². The molecule has 0 unspecified atom stereocenters. The van der Waals surface area contributed by atoms with Crippen LogP contribution < -0.4 is 0 Å². The fourth-order valence-corrected chi connectivity index (χ4v) is 4.21. The van der Waals surface area contributed by atoms with Crippen LogP contribution in [0.25, 0.3) is 32.6 Å². The van der Waals surface area contributed by atoms with Crippen LogP contribution in [0.2, 0.25) is 0 Å².